The van der Waals surface area contributed by atoms with Crippen LogP contribution in [0.15, 0.2) is 48.8 Å². The summed E-state index contributed by atoms with van der Waals surface area (Å²) >= 11 is 5.90. The van der Waals surface area contributed by atoms with Crippen LogP contribution in [0.25, 0.3) is 6.08 Å². The largest absolute Gasteiger partial charge is 0.495 e. The quantitative estimate of drug-likeness (QED) is 0.877. The summed E-state index contributed by atoms with van der Waals surface area (Å²) < 4.78 is 5.16. The maximum atomic E-state index is 11.9. The van der Waals surface area contributed by atoms with Crippen LogP contribution in [0.3, 0.4) is 0 Å². The molecule has 0 aliphatic heterocycles. The van der Waals surface area contributed by atoms with Gasteiger partial charge in [-0.2, -0.15) is 0 Å². The van der Waals surface area contributed by atoms with Crippen LogP contribution in [0.4, 0.5) is 5.69 Å². The molecule has 0 aliphatic carbocycles. The first-order chi connectivity index (χ1) is 9.69. The number of carbonyl (C=O) groups excluding carboxylic acids is 1. The van der Waals surface area contributed by atoms with Gasteiger partial charge in [-0.1, -0.05) is 11.6 Å². The zero-order valence-electron chi connectivity index (χ0n) is 10.8. The van der Waals surface area contributed by atoms with Crippen LogP contribution in [-0.4, -0.2) is 18.0 Å². The topological polar surface area (TPSA) is 51.2 Å². The van der Waals surface area contributed by atoms with Crippen molar-refractivity contribution in [3.8, 4) is 5.75 Å². The Bertz CT molecular complexity index is 627. The van der Waals surface area contributed by atoms with Gasteiger partial charge in [0.1, 0.15) is 5.75 Å². The molecule has 0 unspecified atom stereocenters. The van der Waals surface area contributed by atoms with Crippen molar-refractivity contribution in [2.24, 2.45) is 0 Å². The number of ether oxygens (including phenoxy) is 1. The number of aromatic nitrogens is 1. The third-order valence-electron chi connectivity index (χ3n) is 2.55. The van der Waals surface area contributed by atoms with E-state index >= 15 is 0 Å². The minimum absolute atomic E-state index is 0.262. The fraction of sp³-hybridized carbons (Fsp3) is 0.0667. The average molecular weight is 289 g/mol. The molecule has 4 nitrogen and oxygen atoms in total. The van der Waals surface area contributed by atoms with Crippen LogP contribution < -0.4 is 10.1 Å². The maximum absolute atomic E-state index is 11.9. The van der Waals surface area contributed by atoms with E-state index < -0.39 is 0 Å². The molecule has 1 N–H and O–H groups in total. The number of nitrogens with one attached hydrogen (secondary N) is 1. The molecule has 0 saturated heterocycles. The zero-order valence-corrected chi connectivity index (χ0v) is 11.6. The Morgan fingerprint density at radius 1 is 1.30 bits per heavy atom. The number of carbonyl (C=O) groups is 1. The second-order valence-electron chi connectivity index (χ2n) is 3.95. The number of nitrogens with zero attached hydrogens (tertiary/aromatic N) is 1. The molecule has 0 aliphatic rings. The molecule has 2 aromatic rings. The van der Waals surface area contributed by atoms with Crippen molar-refractivity contribution in [2.45, 2.75) is 0 Å². The van der Waals surface area contributed by atoms with E-state index in [4.69, 9.17) is 16.3 Å². The van der Waals surface area contributed by atoms with E-state index in [9.17, 15) is 4.79 Å². The number of methoxy groups -OCH3 is 1. The van der Waals surface area contributed by atoms with Crippen molar-refractivity contribution >= 4 is 29.3 Å². The molecule has 20 heavy (non-hydrogen) atoms. The normalized spacial score (nSPS) is 10.5. The summed E-state index contributed by atoms with van der Waals surface area (Å²) in [5.74, 6) is 0.294. The second-order valence-corrected chi connectivity index (χ2v) is 4.38. The summed E-state index contributed by atoms with van der Waals surface area (Å²) in [7, 11) is 1.53. The van der Waals surface area contributed by atoms with E-state index in [0.29, 0.717) is 16.5 Å². The molecule has 1 aromatic heterocycles. The van der Waals surface area contributed by atoms with Crippen LogP contribution in [0.5, 0.6) is 5.75 Å². The SMILES string of the molecule is COc1ccc(Cl)cc1NC(=O)/C=C/c1ccncc1. The highest BCUT2D eigenvalue weighted by molar-refractivity contribution is 6.31. The van der Waals surface area contributed by atoms with Crippen molar-refractivity contribution in [1.82, 2.24) is 4.98 Å². The monoisotopic (exact) mass is 288 g/mol. The van der Waals surface area contributed by atoms with E-state index in [1.165, 1.54) is 13.2 Å². The van der Waals surface area contributed by atoms with Gasteiger partial charge in [-0.05, 0) is 42.0 Å². The molecule has 1 amide bonds. The van der Waals surface area contributed by atoms with Gasteiger partial charge in [-0.3, -0.25) is 9.78 Å². The summed E-state index contributed by atoms with van der Waals surface area (Å²) in [5.41, 5.74) is 1.43. The van der Waals surface area contributed by atoms with Crippen LogP contribution in [0, 0.1) is 0 Å². The number of pyridine rings is 1. The highest BCUT2D eigenvalue weighted by Crippen LogP contribution is 2.27. The Labute approximate surface area is 122 Å². The lowest BCUT2D eigenvalue weighted by Crippen LogP contribution is -2.08. The number of benzene rings is 1. The molecule has 0 saturated carbocycles. The summed E-state index contributed by atoms with van der Waals surface area (Å²) in [6.07, 6.45) is 6.47. The molecule has 0 fully saturated rings. The highest BCUT2D eigenvalue weighted by Gasteiger charge is 2.06. The van der Waals surface area contributed by atoms with Gasteiger partial charge in [0.25, 0.3) is 0 Å². The molecule has 0 atom stereocenters. The van der Waals surface area contributed by atoms with Gasteiger partial charge in [0.05, 0.1) is 12.8 Å². The van der Waals surface area contributed by atoms with Crippen LogP contribution in [0.1, 0.15) is 5.56 Å². The van der Waals surface area contributed by atoms with Crippen LogP contribution >= 0.6 is 11.6 Å². The van der Waals surface area contributed by atoms with E-state index in [-0.39, 0.29) is 5.91 Å². The Hall–Kier alpha value is -2.33. The fourth-order valence-corrected chi connectivity index (χ4v) is 1.77. The number of rotatable bonds is 4. The van der Waals surface area contributed by atoms with E-state index in [1.807, 2.05) is 12.1 Å². The predicted molar refractivity (Wildman–Crippen MR) is 79.9 cm³/mol. The third-order valence-corrected chi connectivity index (χ3v) is 2.79. The zero-order chi connectivity index (χ0) is 14.4. The molecule has 1 heterocycles. The molecule has 102 valence electrons. The number of anilines is 1. The van der Waals surface area contributed by atoms with Gasteiger partial charge >= 0.3 is 0 Å². The summed E-state index contributed by atoms with van der Waals surface area (Å²) in [4.78, 5) is 15.8. The molecule has 2 rings (SSSR count). The maximum Gasteiger partial charge on any atom is 0.248 e. The number of hydrogen-bond donors (Lipinski definition) is 1. The molecular weight excluding hydrogens is 276 g/mol. The lowest BCUT2D eigenvalue weighted by atomic mass is 10.2. The van der Waals surface area contributed by atoms with Gasteiger partial charge < -0.3 is 10.1 Å². The van der Waals surface area contributed by atoms with Gasteiger partial charge in [0, 0.05) is 23.5 Å². The first kappa shape index (κ1) is 14.1. The van der Waals surface area contributed by atoms with Crippen LogP contribution in [-0.2, 0) is 4.79 Å². The smallest absolute Gasteiger partial charge is 0.248 e. The first-order valence-corrected chi connectivity index (χ1v) is 6.29. The van der Waals surface area contributed by atoms with E-state index in [1.54, 1.807) is 36.7 Å². The Morgan fingerprint density at radius 3 is 2.75 bits per heavy atom. The van der Waals surface area contributed by atoms with Crippen molar-refractivity contribution < 1.29 is 9.53 Å². The second kappa shape index (κ2) is 6.73. The fourth-order valence-electron chi connectivity index (χ4n) is 1.60. The van der Waals surface area contributed by atoms with Gasteiger partial charge in [-0.15, -0.1) is 0 Å². The molecular formula is C15H13ClN2O2. The van der Waals surface area contributed by atoms with Crippen molar-refractivity contribution in [1.29, 1.82) is 0 Å². The number of amides is 1. The van der Waals surface area contributed by atoms with Gasteiger partial charge in [-0.25, -0.2) is 0 Å². The van der Waals surface area contributed by atoms with E-state index in [0.717, 1.165) is 5.56 Å². The van der Waals surface area contributed by atoms with Crippen LogP contribution in [0.2, 0.25) is 5.02 Å². The number of halogens is 1. The Morgan fingerprint density at radius 2 is 2.05 bits per heavy atom. The Balaban J connectivity index is 2.08. The lowest BCUT2D eigenvalue weighted by Gasteiger charge is -2.08. The van der Waals surface area contributed by atoms with Gasteiger partial charge in [0.2, 0.25) is 5.91 Å². The molecule has 0 spiro atoms. The minimum atomic E-state index is -0.262. The minimum Gasteiger partial charge on any atom is -0.495 e. The first-order valence-electron chi connectivity index (χ1n) is 5.91. The summed E-state index contributed by atoms with van der Waals surface area (Å²) in [5, 5.41) is 3.25. The van der Waals surface area contributed by atoms with Crippen molar-refractivity contribution in [2.75, 3.05) is 12.4 Å². The lowest BCUT2D eigenvalue weighted by molar-refractivity contribution is -0.111. The standard InChI is InChI=1S/C15H13ClN2O2/c1-20-14-4-3-12(16)10-13(14)18-15(19)5-2-11-6-8-17-9-7-11/h2-10H,1H3,(H,18,19)/b5-2+. The molecule has 0 bridgehead atoms. The Kier molecular flexibility index (Phi) is 4.74. The van der Waals surface area contributed by atoms with Crippen molar-refractivity contribution in [3.63, 3.8) is 0 Å². The highest BCUT2D eigenvalue weighted by atomic mass is 35.5. The number of hydrogen-bond acceptors (Lipinski definition) is 3. The molecule has 0 radical (unpaired) electrons. The molecule has 5 heteroatoms. The summed E-state index contributed by atoms with van der Waals surface area (Å²) in [6.45, 7) is 0. The van der Waals surface area contributed by atoms with Gasteiger partial charge in [0.15, 0.2) is 0 Å². The predicted octanol–water partition coefficient (Wildman–Crippen LogP) is 3.40. The van der Waals surface area contributed by atoms with E-state index in [2.05, 4.69) is 10.3 Å². The average Bonchev–Trinajstić information content (AvgIpc) is 2.46. The third kappa shape index (κ3) is 3.83. The summed E-state index contributed by atoms with van der Waals surface area (Å²) in [6, 6.07) is 8.65. The van der Waals surface area contributed by atoms with Crippen molar-refractivity contribution in [3.05, 3.63) is 59.4 Å². The molecule has 1 aromatic carbocycles.